The van der Waals surface area contributed by atoms with Crippen molar-refractivity contribution in [3.8, 4) is 5.75 Å². The van der Waals surface area contributed by atoms with Gasteiger partial charge >= 0.3 is 6.09 Å². The Hall–Kier alpha value is -3.02. The zero-order chi connectivity index (χ0) is 16.2. The Morgan fingerprint density at radius 1 is 1.22 bits per heavy atom. The number of carbonyl (C=O) groups is 1. The van der Waals surface area contributed by atoms with Gasteiger partial charge in [-0.05, 0) is 36.4 Å². The molecule has 6 nitrogen and oxygen atoms in total. The molecular formula is C17H17N3O3. The summed E-state index contributed by atoms with van der Waals surface area (Å²) in [5.41, 5.74) is 6.75. The van der Waals surface area contributed by atoms with Gasteiger partial charge in [0.25, 0.3) is 0 Å². The van der Waals surface area contributed by atoms with Crippen LogP contribution in [0, 0.1) is 5.41 Å². The minimum atomic E-state index is -0.401. The quantitative estimate of drug-likeness (QED) is 0.655. The number of para-hydroxylation sites is 1. The SMILES string of the molecule is N=C(N)c1ccc(N2CC(COc3ccccc3)OC2=O)cc1. The molecule has 0 aliphatic carbocycles. The van der Waals surface area contributed by atoms with Crippen molar-refractivity contribution in [2.75, 3.05) is 18.1 Å². The zero-order valence-electron chi connectivity index (χ0n) is 12.4. The van der Waals surface area contributed by atoms with Gasteiger partial charge in [0.2, 0.25) is 0 Å². The van der Waals surface area contributed by atoms with Crippen molar-refractivity contribution in [3.05, 3.63) is 60.2 Å². The van der Waals surface area contributed by atoms with Crippen molar-refractivity contribution >= 4 is 17.6 Å². The number of hydrogen-bond acceptors (Lipinski definition) is 4. The van der Waals surface area contributed by atoms with E-state index in [9.17, 15) is 4.79 Å². The van der Waals surface area contributed by atoms with Crippen LogP contribution >= 0.6 is 0 Å². The number of amidine groups is 1. The fourth-order valence-electron chi connectivity index (χ4n) is 2.35. The molecule has 6 heteroatoms. The Morgan fingerprint density at radius 2 is 1.91 bits per heavy atom. The van der Waals surface area contributed by atoms with Crippen molar-refractivity contribution in [1.82, 2.24) is 0 Å². The van der Waals surface area contributed by atoms with E-state index in [1.54, 1.807) is 29.2 Å². The van der Waals surface area contributed by atoms with Gasteiger partial charge in [0, 0.05) is 11.3 Å². The highest BCUT2D eigenvalue weighted by molar-refractivity contribution is 5.96. The first-order valence-electron chi connectivity index (χ1n) is 7.24. The molecule has 0 spiro atoms. The molecule has 1 aliphatic heterocycles. The molecule has 0 bridgehead atoms. The lowest BCUT2D eigenvalue weighted by atomic mass is 10.2. The van der Waals surface area contributed by atoms with Crippen LogP contribution in [-0.2, 0) is 4.74 Å². The zero-order valence-corrected chi connectivity index (χ0v) is 12.4. The summed E-state index contributed by atoms with van der Waals surface area (Å²) in [5.74, 6) is 0.738. The topological polar surface area (TPSA) is 88.6 Å². The highest BCUT2D eigenvalue weighted by atomic mass is 16.6. The molecule has 1 unspecified atom stereocenters. The molecule has 1 aliphatic rings. The smallest absolute Gasteiger partial charge is 0.414 e. The summed E-state index contributed by atoms with van der Waals surface area (Å²) in [4.78, 5) is 13.5. The summed E-state index contributed by atoms with van der Waals surface area (Å²) < 4.78 is 10.9. The van der Waals surface area contributed by atoms with E-state index in [-0.39, 0.29) is 11.9 Å². The fourth-order valence-corrected chi connectivity index (χ4v) is 2.35. The van der Waals surface area contributed by atoms with E-state index in [4.69, 9.17) is 20.6 Å². The lowest BCUT2D eigenvalue weighted by Gasteiger charge is -2.13. The molecule has 1 atom stereocenters. The number of benzene rings is 2. The molecular weight excluding hydrogens is 294 g/mol. The Morgan fingerprint density at radius 3 is 2.57 bits per heavy atom. The maximum absolute atomic E-state index is 12.0. The first-order valence-corrected chi connectivity index (χ1v) is 7.24. The largest absolute Gasteiger partial charge is 0.490 e. The Bertz CT molecular complexity index is 701. The van der Waals surface area contributed by atoms with Crippen molar-refractivity contribution < 1.29 is 14.3 Å². The van der Waals surface area contributed by atoms with Gasteiger partial charge in [-0.25, -0.2) is 4.79 Å². The molecule has 2 aromatic rings. The summed E-state index contributed by atoms with van der Waals surface area (Å²) >= 11 is 0. The van der Waals surface area contributed by atoms with E-state index in [0.717, 1.165) is 5.75 Å². The van der Waals surface area contributed by atoms with Crippen LogP contribution in [0.2, 0.25) is 0 Å². The maximum atomic E-state index is 12.0. The normalized spacial score (nSPS) is 17.0. The number of nitrogens with one attached hydrogen (secondary N) is 1. The van der Waals surface area contributed by atoms with Crippen molar-refractivity contribution in [3.63, 3.8) is 0 Å². The summed E-state index contributed by atoms with van der Waals surface area (Å²) in [6.45, 7) is 0.725. The van der Waals surface area contributed by atoms with Gasteiger partial charge in [0.1, 0.15) is 18.2 Å². The van der Waals surface area contributed by atoms with E-state index >= 15 is 0 Å². The summed E-state index contributed by atoms with van der Waals surface area (Å²) in [6.07, 6.45) is -0.725. The van der Waals surface area contributed by atoms with Gasteiger partial charge < -0.3 is 15.2 Å². The van der Waals surface area contributed by atoms with E-state index < -0.39 is 6.09 Å². The highest BCUT2D eigenvalue weighted by Crippen LogP contribution is 2.22. The van der Waals surface area contributed by atoms with Crippen LogP contribution in [0.3, 0.4) is 0 Å². The molecule has 23 heavy (non-hydrogen) atoms. The second-order valence-electron chi connectivity index (χ2n) is 5.20. The molecule has 2 aromatic carbocycles. The third kappa shape index (κ3) is 3.42. The number of rotatable bonds is 5. The fraction of sp³-hybridized carbons (Fsp3) is 0.176. The van der Waals surface area contributed by atoms with Crippen LogP contribution in [0.15, 0.2) is 54.6 Å². The van der Waals surface area contributed by atoms with Gasteiger partial charge in [0.05, 0.1) is 6.54 Å². The minimum Gasteiger partial charge on any atom is -0.490 e. The van der Waals surface area contributed by atoms with Crippen molar-refractivity contribution in [2.45, 2.75) is 6.10 Å². The Kier molecular flexibility index (Phi) is 4.14. The van der Waals surface area contributed by atoms with E-state index in [0.29, 0.717) is 24.4 Å². The minimum absolute atomic E-state index is 0.00492. The number of nitrogen functional groups attached to an aromatic ring is 1. The first-order chi connectivity index (χ1) is 11.1. The summed E-state index contributed by atoms with van der Waals surface area (Å²) in [7, 11) is 0. The lowest BCUT2D eigenvalue weighted by molar-refractivity contribution is 0.105. The molecule has 0 radical (unpaired) electrons. The molecule has 1 fully saturated rings. The number of hydrogen-bond donors (Lipinski definition) is 2. The second kappa shape index (κ2) is 6.39. The monoisotopic (exact) mass is 311 g/mol. The highest BCUT2D eigenvalue weighted by Gasteiger charge is 2.32. The molecule has 1 amide bonds. The third-order valence-corrected chi connectivity index (χ3v) is 3.54. The summed E-state index contributed by atoms with van der Waals surface area (Å²) in [5, 5.41) is 7.38. The van der Waals surface area contributed by atoms with Crippen LogP contribution < -0.4 is 15.4 Å². The second-order valence-corrected chi connectivity index (χ2v) is 5.20. The Labute approximate surface area is 133 Å². The standard InChI is InChI=1S/C17H17N3O3/c18-16(19)12-6-8-13(9-7-12)20-10-15(23-17(20)21)11-22-14-4-2-1-3-5-14/h1-9,15H,10-11H2,(H3,18,19). The Balaban J connectivity index is 1.62. The molecule has 0 aromatic heterocycles. The first kappa shape index (κ1) is 14.9. The van der Waals surface area contributed by atoms with E-state index in [1.807, 2.05) is 30.3 Å². The molecule has 0 saturated carbocycles. The number of ether oxygens (including phenoxy) is 2. The predicted octanol–water partition coefficient (Wildman–Crippen LogP) is 2.37. The number of nitrogens with two attached hydrogens (primary N) is 1. The number of cyclic esters (lactones) is 1. The molecule has 1 saturated heterocycles. The molecule has 3 N–H and O–H groups in total. The number of nitrogens with zero attached hydrogens (tertiary/aromatic N) is 1. The number of anilines is 1. The van der Waals surface area contributed by atoms with Gasteiger partial charge in [0.15, 0.2) is 6.10 Å². The lowest BCUT2D eigenvalue weighted by Crippen LogP contribution is -2.26. The van der Waals surface area contributed by atoms with Crippen LogP contribution in [0.25, 0.3) is 0 Å². The van der Waals surface area contributed by atoms with Crippen LogP contribution in [0.4, 0.5) is 10.5 Å². The number of amides is 1. The van der Waals surface area contributed by atoms with Gasteiger partial charge in [-0.2, -0.15) is 0 Å². The number of carbonyl (C=O) groups excluding carboxylic acids is 1. The van der Waals surface area contributed by atoms with E-state index in [2.05, 4.69) is 0 Å². The molecule has 3 rings (SSSR count). The van der Waals surface area contributed by atoms with Crippen LogP contribution in [0.1, 0.15) is 5.56 Å². The van der Waals surface area contributed by atoms with Crippen LogP contribution in [-0.4, -0.2) is 31.2 Å². The van der Waals surface area contributed by atoms with Crippen molar-refractivity contribution in [2.24, 2.45) is 5.73 Å². The maximum Gasteiger partial charge on any atom is 0.414 e. The van der Waals surface area contributed by atoms with Gasteiger partial charge in [-0.1, -0.05) is 18.2 Å². The average Bonchev–Trinajstić information content (AvgIpc) is 2.95. The van der Waals surface area contributed by atoms with Gasteiger partial charge in [-0.3, -0.25) is 10.3 Å². The molecule has 118 valence electrons. The summed E-state index contributed by atoms with van der Waals surface area (Å²) in [6, 6.07) is 16.3. The predicted molar refractivity (Wildman–Crippen MR) is 87.0 cm³/mol. The van der Waals surface area contributed by atoms with Gasteiger partial charge in [-0.15, -0.1) is 0 Å². The molecule has 1 heterocycles. The average molecular weight is 311 g/mol. The third-order valence-electron chi connectivity index (χ3n) is 3.54. The van der Waals surface area contributed by atoms with Crippen LogP contribution in [0.5, 0.6) is 5.75 Å². The van der Waals surface area contributed by atoms with Crippen molar-refractivity contribution in [1.29, 1.82) is 5.41 Å². The van der Waals surface area contributed by atoms with E-state index in [1.165, 1.54) is 0 Å².